The van der Waals surface area contributed by atoms with Crippen LogP contribution in [0.15, 0.2) is 24.3 Å². The van der Waals surface area contributed by atoms with Gasteiger partial charge in [-0.3, -0.25) is 4.79 Å². The summed E-state index contributed by atoms with van der Waals surface area (Å²) in [6.45, 7) is 6.04. The Labute approximate surface area is 127 Å². The standard InChI is InChI=1S/C18H26N2O/c1-13-6-5-8-16(14(13)2)19-18(21)12-20-11-10-15-7-3-4-9-17(15)20/h3-4,7,9,13-14,16H,5-6,8,10-12H2,1-2H3,(H,19,21). The molecule has 1 fully saturated rings. The van der Waals surface area contributed by atoms with Gasteiger partial charge in [0.05, 0.1) is 6.54 Å². The molecule has 114 valence electrons. The zero-order chi connectivity index (χ0) is 14.8. The molecule has 0 aromatic heterocycles. The summed E-state index contributed by atoms with van der Waals surface area (Å²) in [5.41, 5.74) is 2.60. The number of nitrogens with zero attached hydrogens (tertiary/aromatic N) is 1. The third-order valence-corrected chi connectivity index (χ3v) is 5.37. The van der Waals surface area contributed by atoms with E-state index < -0.39 is 0 Å². The Hall–Kier alpha value is -1.51. The van der Waals surface area contributed by atoms with Crippen LogP contribution in [0, 0.1) is 11.8 Å². The van der Waals surface area contributed by atoms with Crippen molar-refractivity contribution in [2.45, 2.75) is 45.6 Å². The maximum absolute atomic E-state index is 12.4. The first-order valence-corrected chi connectivity index (χ1v) is 8.27. The first-order valence-electron chi connectivity index (χ1n) is 8.27. The summed E-state index contributed by atoms with van der Waals surface area (Å²) in [7, 11) is 0. The van der Waals surface area contributed by atoms with E-state index in [1.807, 2.05) is 0 Å². The second-order valence-corrected chi connectivity index (χ2v) is 6.74. The highest BCUT2D eigenvalue weighted by Gasteiger charge is 2.29. The first-order chi connectivity index (χ1) is 10.1. The number of carbonyl (C=O) groups is 1. The van der Waals surface area contributed by atoms with Crippen molar-refractivity contribution in [3.63, 3.8) is 0 Å². The zero-order valence-corrected chi connectivity index (χ0v) is 13.1. The molecule has 1 saturated carbocycles. The molecule has 3 heteroatoms. The Morgan fingerprint density at radius 1 is 1.29 bits per heavy atom. The maximum Gasteiger partial charge on any atom is 0.239 e. The Morgan fingerprint density at radius 2 is 2.10 bits per heavy atom. The summed E-state index contributed by atoms with van der Waals surface area (Å²) in [6.07, 6.45) is 4.73. The average Bonchev–Trinajstić information content (AvgIpc) is 2.87. The van der Waals surface area contributed by atoms with Gasteiger partial charge in [0.15, 0.2) is 0 Å². The van der Waals surface area contributed by atoms with Gasteiger partial charge < -0.3 is 10.2 Å². The van der Waals surface area contributed by atoms with E-state index in [1.54, 1.807) is 0 Å². The number of nitrogens with one attached hydrogen (secondary N) is 1. The van der Waals surface area contributed by atoms with Gasteiger partial charge in [0.2, 0.25) is 5.91 Å². The van der Waals surface area contributed by atoms with Crippen LogP contribution in [0.3, 0.4) is 0 Å². The highest BCUT2D eigenvalue weighted by atomic mass is 16.2. The second-order valence-electron chi connectivity index (χ2n) is 6.74. The number of rotatable bonds is 3. The molecule has 3 atom stereocenters. The second kappa shape index (κ2) is 6.08. The molecule has 3 nitrogen and oxygen atoms in total. The largest absolute Gasteiger partial charge is 0.362 e. The topological polar surface area (TPSA) is 32.3 Å². The number of benzene rings is 1. The quantitative estimate of drug-likeness (QED) is 0.926. The van der Waals surface area contributed by atoms with Crippen molar-refractivity contribution in [1.82, 2.24) is 5.32 Å². The fraction of sp³-hybridized carbons (Fsp3) is 0.611. The molecule has 1 aromatic carbocycles. The van der Waals surface area contributed by atoms with Gasteiger partial charge >= 0.3 is 0 Å². The van der Waals surface area contributed by atoms with Crippen LogP contribution in [0.2, 0.25) is 0 Å². The van der Waals surface area contributed by atoms with E-state index in [2.05, 4.69) is 48.3 Å². The molecule has 1 aliphatic carbocycles. The Balaban J connectivity index is 1.58. The van der Waals surface area contributed by atoms with Gasteiger partial charge in [-0.25, -0.2) is 0 Å². The Bertz CT molecular complexity index is 514. The van der Waals surface area contributed by atoms with Crippen LogP contribution in [0.4, 0.5) is 5.69 Å². The number of anilines is 1. The van der Waals surface area contributed by atoms with Crippen molar-refractivity contribution >= 4 is 11.6 Å². The van der Waals surface area contributed by atoms with Crippen LogP contribution in [-0.4, -0.2) is 25.0 Å². The summed E-state index contributed by atoms with van der Waals surface area (Å²) in [5, 5.41) is 3.28. The lowest BCUT2D eigenvalue weighted by atomic mass is 9.78. The minimum Gasteiger partial charge on any atom is -0.362 e. The lowest BCUT2D eigenvalue weighted by Gasteiger charge is -2.35. The molecule has 1 heterocycles. The number of amides is 1. The summed E-state index contributed by atoms with van der Waals surface area (Å²) >= 11 is 0. The molecule has 21 heavy (non-hydrogen) atoms. The van der Waals surface area contributed by atoms with Crippen LogP contribution in [0.25, 0.3) is 0 Å². The highest BCUT2D eigenvalue weighted by molar-refractivity contribution is 5.82. The van der Waals surface area contributed by atoms with Crippen molar-refractivity contribution in [3.05, 3.63) is 29.8 Å². The SMILES string of the molecule is CC1CCCC(NC(=O)CN2CCc3ccccc32)C1C. The number of hydrogen-bond acceptors (Lipinski definition) is 2. The molecule has 0 radical (unpaired) electrons. The van der Waals surface area contributed by atoms with Crippen molar-refractivity contribution in [3.8, 4) is 0 Å². The molecular formula is C18H26N2O. The minimum atomic E-state index is 0.178. The lowest BCUT2D eigenvalue weighted by molar-refractivity contribution is -0.121. The van der Waals surface area contributed by atoms with E-state index in [0.717, 1.165) is 25.3 Å². The van der Waals surface area contributed by atoms with Gasteiger partial charge in [0, 0.05) is 18.3 Å². The molecule has 1 amide bonds. The van der Waals surface area contributed by atoms with Crippen molar-refractivity contribution in [1.29, 1.82) is 0 Å². The molecule has 1 aliphatic heterocycles. The van der Waals surface area contributed by atoms with Crippen LogP contribution >= 0.6 is 0 Å². The predicted octanol–water partition coefficient (Wildman–Crippen LogP) is 2.99. The van der Waals surface area contributed by atoms with Crippen LogP contribution in [0.5, 0.6) is 0 Å². The third kappa shape index (κ3) is 3.07. The van der Waals surface area contributed by atoms with Gasteiger partial charge in [0.25, 0.3) is 0 Å². The molecule has 0 bridgehead atoms. The number of fused-ring (bicyclic) bond motifs is 1. The van der Waals surface area contributed by atoms with Gasteiger partial charge in [0.1, 0.15) is 0 Å². The van der Waals surface area contributed by atoms with Crippen molar-refractivity contribution in [2.75, 3.05) is 18.0 Å². The Kier molecular flexibility index (Phi) is 4.18. The molecule has 1 N–H and O–H groups in total. The monoisotopic (exact) mass is 286 g/mol. The third-order valence-electron chi connectivity index (χ3n) is 5.37. The molecule has 1 aromatic rings. The lowest BCUT2D eigenvalue weighted by Crippen LogP contribution is -2.47. The van der Waals surface area contributed by atoms with Crippen molar-refractivity contribution < 1.29 is 4.79 Å². The van der Waals surface area contributed by atoms with Crippen LogP contribution < -0.4 is 10.2 Å². The normalized spacial score (nSPS) is 28.3. The predicted molar refractivity (Wildman–Crippen MR) is 86.5 cm³/mol. The van der Waals surface area contributed by atoms with Gasteiger partial charge in [-0.1, -0.05) is 44.9 Å². The van der Waals surface area contributed by atoms with Crippen molar-refractivity contribution in [2.24, 2.45) is 11.8 Å². The van der Waals surface area contributed by atoms with E-state index in [1.165, 1.54) is 24.1 Å². The molecular weight excluding hydrogens is 260 g/mol. The summed E-state index contributed by atoms with van der Waals surface area (Å²) in [5.74, 6) is 1.49. The fourth-order valence-electron chi connectivity index (χ4n) is 3.78. The van der Waals surface area contributed by atoms with E-state index >= 15 is 0 Å². The van der Waals surface area contributed by atoms with E-state index in [4.69, 9.17) is 0 Å². The highest BCUT2D eigenvalue weighted by Crippen LogP contribution is 2.30. The molecule has 3 rings (SSSR count). The fourth-order valence-corrected chi connectivity index (χ4v) is 3.78. The average molecular weight is 286 g/mol. The summed E-state index contributed by atoms with van der Waals surface area (Å²) < 4.78 is 0. The minimum absolute atomic E-state index is 0.178. The van der Waals surface area contributed by atoms with Gasteiger partial charge in [-0.15, -0.1) is 0 Å². The number of para-hydroxylation sites is 1. The summed E-state index contributed by atoms with van der Waals surface area (Å²) in [4.78, 5) is 14.6. The molecule has 3 unspecified atom stereocenters. The van der Waals surface area contributed by atoms with Crippen LogP contribution in [-0.2, 0) is 11.2 Å². The van der Waals surface area contributed by atoms with Crippen LogP contribution in [0.1, 0.15) is 38.7 Å². The van der Waals surface area contributed by atoms with E-state index in [9.17, 15) is 4.79 Å². The van der Waals surface area contributed by atoms with E-state index in [0.29, 0.717) is 18.5 Å². The Morgan fingerprint density at radius 3 is 2.95 bits per heavy atom. The molecule has 0 spiro atoms. The van der Waals surface area contributed by atoms with Gasteiger partial charge in [-0.2, -0.15) is 0 Å². The van der Waals surface area contributed by atoms with E-state index in [-0.39, 0.29) is 5.91 Å². The zero-order valence-electron chi connectivity index (χ0n) is 13.1. The van der Waals surface area contributed by atoms with Gasteiger partial charge in [-0.05, 0) is 36.3 Å². The summed E-state index contributed by atoms with van der Waals surface area (Å²) in [6, 6.07) is 8.78. The maximum atomic E-state index is 12.4. The molecule has 2 aliphatic rings. The number of carbonyl (C=O) groups excluding carboxylic acids is 1. The number of hydrogen-bond donors (Lipinski definition) is 1. The first kappa shape index (κ1) is 14.4. The smallest absolute Gasteiger partial charge is 0.239 e. The molecule has 0 saturated heterocycles.